The van der Waals surface area contributed by atoms with Crippen molar-refractivity contribution in [1.29, 1.82) is 0 Å². The van der Waals surface area contributed by atoms with Crippen LogP contribution in [-0.2, 0) is 10.0 Å². The first-order chi connectivity index (χ1) is 19.1. The molecule has 0 radical (unpaired) electrons. The second kappa shape index (κ2) is 11.1. The summed E-state index contributed by atoms with van der Waals surface area (Å²) in [4.78, 5) is 23.3. The summed E-state index contributed by atoms with van der Waals surface area (Å²) in [5.41, 5.74) is -1.04. The SMILES string of the molecule is Cc1c(C(=O)Nc2ccc(F)cc2)nn(-c2cccc(F)c2)c1Oc1ccc([N+](=O)[O-])cc1S(=O)(=O)NC(C)(C)C. The highest BCUT2D eigenvalue weighted by Gasteiger charge is 2.30. The summed E-state index contributed by atoms with van der Waals surface area (Å²) in [6, 6.07) is 13.2. The van der Waals surface area contributed by atoms with Crippen molar-refractivity contribution in [2.24, 2.45) is 0 Å². The van der Waals surface area contributed by atoms with Crippen LogP contribution in [0.15, 0.2) is 71.6 Å². The lowest BCUT2D eigenvalue weighted by Gasteiger charge is -2.21. The van der Waals surface area contributed by atoms with Gasteiger partial charge in [0, 0.05) is 28.9 Å². The van der Waals surface area contributed by atoms with Crippen molar-refractivity contribution in [1.82, 2.24) is 14.5 Å². The van der Waals surface area contributed by atoms with E-state index in [0.29, 0.717) is 0 Å². The normalized spacial score (nSPS) is 11.8. The van der Waals surface area contributed by atoms with Crippen molar-refractivity contribution in [2.45, 2.75) is 38.1 Å². The van der Waals surface area contributed by atoms with Crippen LogP contribution in [0.2, 0.25) is 0 Å². The van der Waals surface area contributed by atoms with Gasteiger partial charge in [0.25, 0.3) is 11.6 Å². The van der Waals surface area contributed by atoms with E-state index in [1.54, 1.807) is 20.8 Å². The Morgan fingerprint density at radius 1 is 1.02 bits per heavy atom. The Labute approximate surface area is 234 Å². The van der Waals surface area contributed by atoms with Crippen LogP contribution in [-0.4, -0.2) is 34.6 Å². The summed E-state index contributed by atoms with van der Waals surface area (Å²) >= 11 is 0. The standard InChI is InChI=1S/C27H25F2N5O6S/c1-16-24(25(35)30-19-10-8-17(28)9-11-19)31-33(20-7-5-6-18(29)14-20)26(16)40-22-13-12-21(34(36)37)15-23(22)41(38,39)32-27(2,3)4/h5-15,32H,1-4H3,(H,30,35). The molecule has 0 aliphatic rings. The number of nitrogens with one attached hydrogen (secondary N) is 2. The Morgan fingerprint density at radius 3 is 2.32 bits per heavy atom. The number of amides is 1. The van der Waals surface area contributed by atoms with Gasteiger partial charge in [-0.1, -0.05) is 6.07 Å². The maximum atomic E-state index is 14.2. The summed E-state index contributed by atoms with van der Waals surface area (Å²) in [5.74, 6) is -2.29. The summed E-state index contributed by atoms with van der Waals surface area (Å²) in [7, 11) is -4.35. The number of nitrogens with zero attached hydrogens (tertiary/aromatic N) is 3. The van der Waals surface area contributed by atoms with E-state index >= 15 is 0 Å². The number of nitro benzene ring substituents is 1. The third kappa shape index (κ3) is 6.73. The molecule has 0 saturated carbocycles. The molecule has 1 aromatic heterocycles. The maximum absolute atomic E-state index is 14.2. The van der Waals surface area contributed by atoms with Crippen LogP contribution >= 0.6 is 0 Å². The van der Waals surface area contributed by atoms with Crippen LogP contribution < -0.4 is 14.8 Å². The molecule has 0 bridgehead atoms. The van der Waals surface area contributed by atoms with Gasteiger partial charge in [-0.25, -0.2) is 21.9 Å². The van der Waals surface area contributed by atoms with Crippen molar-refractivity contribution >= 4 is 27.3 Å². The molecule has 1 amide bonds. The molecule has 3 aromatic carbocycles. The molecule has 0 spiro atoms. The van der Waals surface area contributed by atoms with Crippen LogP contribution in [0, 0.1) is 28.7 Å². The van der Waals surface area contributed by atoms with Gasteiger partial charge in [0.1, 0.15) is 22.3 Å². The van der Waals surface area contributed by atoms with Gasteiger partial charge in [0.05, 0.1) is 10.6 Å². The first-order valence-corrected chi connectivity index (χ1v) is 13.6. The highest BCUT2D eigenvalue weighted by Crippen LogP contribution is 2.36. The van der Waals surface area contributed by atoms with Crippen molar-refractivity contribution in [3.63, 3.8) is 0 Å². The van der Waals surface area contributed by atoms with E-state index in [4.69, 9.17) is 4.74 Å². The van der Waals surface area contributed by atoms with Crippen molar-refractivity contribution in [3.8, 4) is 17.3 Å². The van der Waals surface area contributed by atoms with Gasteiger partial charge in [-0.2, -0.15) is 9.78 Å². The number of rotatable bonds is 8. The second-order valence-corrected chi connectivity index (χ2v) is 11.6. The highest BCUT2D eigenvalue weighted by molar-refractivity contribution is 7.89. The summed E-state index contributed by atoms with van der Waals surface area (Å²) in [6.07, 6.45) is 0. The molecule has 11 nitrogen and oxygen atoms in total. The minimum absolute atomic E-state index is 0.138. The number of non-ortho nitro benzene ring substituents is 1. The molecule has 0 atom stereocenters. The van der Waals surface area contributed by atoms with Crippen molar-refractivity contribution in [3.05, 3.63) is 99.7 Å². The maximum Gasteiger partial charge on any atom is 0.276 e. The lowest BCUT2D eigenvalue weighted by atomic mass is 10.1. The average molecular weight is 586 g/mol. The number of sulfonamides is 1. The fraction of sp³-hybridized carbons (Fsp3) is 0.185. The number of hydrogen-bond acceptors (Lipinski definition) is 7. The Morgan fingerprint density at radius 2 is 1.71 bits per heavy atom. The monoisotopic (exact) mass is 585 g/mol. The third-order valence-corrected chi connectivity index (χ3v) is 7.29. The molecule has 2 N–H and O–H groups in total. The van der Waals surface area contributed by atoms with E-state index in [1.807, 2.05) is 0 Å². The minimum atomic E-state index is -4.35. The number of carbonyl (C=O) groups is 1. The molecule has 0 aliphatic heterocycles. The van der Waals surface area contributed by atoms with Crippen LogP contribution in [0.4, 0.5) is 20.2 Å². The number of carbonyl (C=O) groups excluding carboxylic acids is 1. The Balaban J connectivity index is 1.86. The topological polar surface area (TPSA) is 145 Å². The Hall–Kier alpha value is -4.69. The number of anilines is 1. The summed E-state index contributed by atoms with van der Waals surface area (Å²) < 4.78 is 63.6. The lowest BCUT2D eigenvalue weighted by molar-refractivity contribution is -0.385. The fourth-order valence-corrected chi connectivity index (χ4v) is 5.36. The van der Waals surface area contributed by atoms with E-state index < -0.39 is 48.6 Å². The van der Waals surface area contributed by atoms with Gasteiger partial charge in [-0.05, 0) is 76.2 Å². The van der Waals surface area contributed by atoms with Crippen molar-refractivity contribution in [2.75, 3.05) is 5.32 Å². The smallest absolute Gasteiger partial charge is 0.276 e. The number of halogens is 2. The predicted octanol–water partition coefficient (Wildman–Crippen LogP) is 5.49. The van der Waals surface area contributed by atoms with Crippen molar-refractivity contribution < 1.29 is 31.7 Å². The molecule has 1 heterocycles. The van der Waals surface area contributed by atoms with Crippen LogP contribution in [0.5, 0.6) is 11.6 Å². The second-order valence-electron chi connectivity index (χ2n) is 9.98. The summed E-state index contributed by atoms with van der Waals surface area (Å²) in [5, 5.41) is 18.3. The van der Waals surface area contributed by atoms with E-state index in [1.165, 1.54) is 37.3 Å². The first kappa shape index (κ1) is 29.3. The fourth-order valence-electron chi connectivity index (χ4n) is 3.79. The molecule has 4 rings (SSSR count). The van der Waals surface area contributed by atoms with E-state index in [-0.39, 0.29) is 34.3 Å². The number of nitro groups is 1. The zero-order valence-corrected chi connectivity index (χ0v) is 23.1. The van der Waals surface area contributed by atoms with E-state index in [2.05, 4.69) is 15.1 Å². The first-order valence-electron chi connectivity index (χ1n) is 12.1. The Kier molecular flexibility index (Phi) is 7.90. The summed E-state index contributed by atoms with van der Waals surface area (Å²) in [6.45, 7) is 6.26. The van der Waals surface area contributed by atoms with Gasteiger partial charge < -0.3 is 10.1 Å². The van der Waals surface area contributed by atoms with Gasteiger partial charge in [0.2, 0.25) is 15.9 Å². The van der Waals surface area contributed by atoms with Gasteiger partial charge in [0.15, 0.2) is 5.69 Å². The third-order valence-electron chi connectivity index (χ3n) is 5.51. The van der Waals surface area contributed by atoms with E-state index in [0.717, 1.165) is 41.1 Å². The van der Waals surface area contributed by atoms with Crippen LogP contribution in [0.1, 0.15) is 36.8 Å². The predicted molar refractivity (Wildman–Crippen MR) is 146 cm³/mol. The molecule has 0 fully saturated rings. The molecular formula is C27H25F2N5O6S. The van der Waals surface area contributed by atoms with Crippen LogP contribution in [0.3, 0.4) is 0 Å². The number of benzene rings is 3. The minimum Gasteiger partial charge on any atom is -0.437 e. The quantitative estimate of drug-likeness (QED) is 0.205. The number of hydrogen-bond donors (Lipinski definition) is 2. The van der Waals surface area contributed by atoms with Crippen LogP contribution in [0.25, 0.3) is 5.69 Å². The van der Waals surface area contributed by atoms with Gasteiger partial charge in [-0.3, -0.25) is 14.9 Å². The number of aromatic nitrogens is 2. The zero-order valence-electron chi connectivity index (χ0n) is 22.3. The molecule has 14 heteroatoms. The average Bonchev–Trinajstić information content (AvgIpc) is 3.20. The lowest BCUT2D eigenvalue weighted by Crippen LogP contribution is -2.40. The van der Waals surface area contributed by atoms with Gasteiger partial charge >= 0.3 is 0 Å². The molecule has 41 heavy (non-hydrogen) atoms. The molecule has 214 valence electrons. The molecular weight excluding hydrogens is 560 g/mol. The molecule has 0 unspecified atom stereocenters. The molecule has 0 saturated heterocycles. The molecule has 4 aromatic rings. The number of ether oxygens (including phenoxy) is 1. The zero-order chi connectivity index (χ0) is 30.1. The molecule has 0 aliphatic carbocycles. The highest BCUT2D eigenvalue weighted by atomic mass is 32.2. The largest absolute Gasteiger partial charge is 0.437 e. The Bertz CT molecular complexity index is 1750. The van der Waals surface area contributed by atoms with Gasteiger partial charge in [-0.15, -0.1) is 0 Å². The van der Waals surface area contributed by atoms with E-state index in [9.17, 15) is 32.1 Å².